The maximum Gasteiger partial charge on any atom is 0.240 e. The van der Waals surface area contributed by atoms with Crippen LogP contribution in [0.1, 0.15) is 52.9 Å². The molecule has 1 heterocycles. The van der Waals surface area contributed by atoms with E-state index in [0.717, 1.165) is 37.0 Å². The van der Waals surface area contributed by atoms with E-state index in [-0.39, 0.29) is 17.7 Å². The van der Waals surface area contributed by atoms with Crippen LogP contribution >= 0.6 is 0 Å². The Morgan fingerprint density at radius 2 is 2.17 bits per heavy atom. The van der Waals surface area contributed by atoms with Gasteiger partial charge in [-0.3, -0.25) is 9.59 Å². The van der Waals surface area contributed by atoms with Gasteiger partial charge in [-0.25, -0.2) is 0 Å². The fourth-order valence-electron chi connectivity index (χ4n) is 3.64. The van der Waals surface area contributed by atoms with Crippen LogP contribution < -0.4 is 0 Å². The maximum atomic E-state index is 13.4. The van der Waals surface area contributed by atoms with Gasteiger partial charge >= 0.3 is 0 Å². The molecule has 0 aromatic heterocycles. The van der Waals surface area contributed by atoms with Gasteiger partial charge in [0.2, 0.25) is 5.91 Å². The zero-order chi connectivity index (χ0) is 17.0. The fraction of sp³-hybridized carbons (Fsp3) is 0.684. The van der Waals surface area contributed by atoms with E-state index in [4.69, 9.17) is 4.74 Å². The molecule has 4 nitrogen and oxygen atoms in total. The number of hydrogen-bond acceptors (Lipinski definition) is 3. The molecule has 4 heteroatoms. The average molecular weight is 319 g/mol. The predicted molar refractivity (Wildman–Crippen MR) is 91.1 cm³/mol. The van der Waals surface area contributed by atoms with Crippen LogP contribution in [0.5, 0.6) is 0 Å². The van der Waals surface area contributed by atoms with Crippen molar-refractivity contribution in [1.29, 1.82) is 0 Å². The van der Waals surface area contributed by atoms with Gasteiger partial charge in [-0.15, -0.1) is 0 Å². The van der Waals surface area contributed by atoms with Crippen molar-refractivity contribution in [1.82, 2.24) is 4.90 Å². The van der Waals surface area contributed by atoms with E-state index < -0.39 is 5.41 Å². The van der Waals surface area contributed by atoms with Crippen molar-refractivity contribution < 1.29 is 14.3 Å². The van der Waals surface area contributed by atoms with Gasteiger partial charge < -0.3 is 9.64 Å². The highest BCUT2D eigenvalue weighted by molar-refractivity contribution is 6.09. The second kappa shape index (κ2) is 7.43. The quantitative estimate of drug-likeness (QED) is 0.577. The minimum absolute atomic E-state index is 0.0291. The Hall–Kier alpha value is -1.42. The summed E-state index contributed by atoms with van der Waals surface area (Å²) < 4.78 is 5.27. The van der Waals surface area contributed by atoms with Crippen LogP contribution in [-0.2, 0) is 14.3 Å². The standard InChI is InChI=1S/C19H29NO3/c1-14(2)9-10-19(12-15(3)7-8-17(19)21)18(22)20-11-5-6-16(20)13-23-4/h9,12,16H,5-8,10-11,13H2,1-4H3/t16-,19+/m0/s1. The smallest absolute Gasteiger partial charge is 0.240 e. The number of allylic oxidation sites excluding steroid dienone is 3. The highest BCUT2D eigenvalue weighted by atomic mass is 16.5. The molecule has 0 unspecified atom stereocenters. The second-order valence-corrected chi connectivity index (χ2v) is 7.12. The van der Waals surface area contributed by atoms with Crippen LogP contribution in [0.4, 0.5) is 0 Å². The van der Waals surface area contributed by atoms with Gasteiger partial charge in [-0.05, 0) is 46.5 Å². The summed E-state index contributed by atoms with van der Waals surface area (Å²) in [5, 5.41) is 0. The van der Waals surface area contributed by atoms with E-state index in [1.807, 2.05) is 37.8 Å². The molecule has 2 aliphatic rings. The van der Waals surface area contributed by atoms with E-state index in [0.29, 0.717) is 19.4 Å². The van der Waals surface area contributed by atoms with Crippen LogP contribution in [0.3, 0.4) is 0 Å². The first-order valence-corrected chi connectivity index (χ1v) is 8.55. The van der Waals surface area contributed by atoms with Gasteiger partial charge in [0.05, 0.1) is 12.6 Å². The molecule has 23 heavy (non-hydrogen) atoms. The summed E-state index contributed by atoms with van der Waals surface area (Å²) in [5.74, 6) is 0.0345. The number of nitrogens with zero attached hydrogens (tertiary/aromatic N) is 1. The molecule has 1 aliphatic carbocycles. The fourth-order valence-corrected chi connectivity index (χ4v) is 3.64. The number of ether oxygens (including phenoxy) is 1. The highest BCUT2D eigenvalue weighted by Crippen LogP contribution is 2.38. The molecule has 128 valence electrons. The number of rotatable bonds is 5. The van der Waals surface area contributed by atoms with Gasteiger partial charge in [0, 0.05) is 20.1 Å². The molecule has 0 aromatic carbocycles. The number of likely N-dealkylation sites (tertiary alicyclic amines) is 1. The minimum atomic E-state index is -1.00. The van der Waals surface area contributed by atoms with Crippen molar-refractivity contribution in [2.24, 2.45) is 5.41 Å². The van der Waals surface area contributed by atoms with Gasteiger partial charge in [-0.1, -0.05) is 23.3 Å². The summed E-state index contributed by atoms with van der Waals surface area (Å²) in [6.07, 6.45) is 7.60. The van der Waals surface area contributed by atoms with Gasteiger partial charge in [0.1, 0.15) is 5.41 Å². The number of amides is 1. The lowest BCUT2D eigenvalue weighted by molar-refractivity contribution is -0.148. The topological polar surface area (TPSA) is 46.6 Å². The molecule has 1 fully saturated rings. The lowest BCUT2D eigenvalue weighted by atomic mass is 9.71. The zero-order valence-corrected chi connectivity index (χ0v) is 14.9. The molecule has 2 rings (SSSR count). The number of methoxy groups -OCH3 is 1. The maximum absolute atomic E-state index is 13.4. The van der Waals surface area contributed by atoms with Gasteiger partial charge in [-0.2, -0.15) is 0 Å². The normalized spacial score (nSPS) is 27.8. The highest BCUT2D eigenvalue weighted by Gasteiger charge is 2.48. The molecular weight excluding hydrogens is 290 g/mol. The largest absolute Gasteiger partial charge is 0.383 e. The molecular formula is C19H29NO3. The van der Waals surface area contributed by atoms with Crippen molar-refractivity contribution in [2.75, 3.05) is 20.3 Å². The van der Waals surface area contributed by atoms with Crippen LogP contribution in [0.25, 0.3) is 0 Å². The lowest BCUT2D eigenvalue weighted by Crippen LogP contribution is -2.51. The van der Waals surface area contributed by atoms with Crippen molar-refractivity contribution >= 4 is 11.7 Å². The van der Waals surface area contributed by atoms with Crippen molar-refractivity contribution in [3.05, 3.63) is 23.3 Å². The number of carbonyl (C=O) groups excluding carboxylic acids is 2. The van der Waals surface area contributed by atoms with Gasteiger partial charge in [0.15, 0.2) is 5.78 Å². The van der Waals surface area contributed by atoms with Gasteiger partial charge in [0.25, 0.3) is 0 Å². The zero-order valence-electron chi connectivity index (χ0n) is 14.9. The van der Waals surface area contributed by atoms with E-state index >= 15 is 0 Å². The average Bonchev–Trinajstić information content (AvgIpc) is 2.96. The van der Waals surface area contributed by atoms with Crippen LogP contribution in [0, 0.1) is 5.41 Å². The second-order valence-electron chi connectivity index (χ2n) is 7.12. The molecule has 0 aromatic rings. The molecule has 1 aliphatic heterocycles. The third-order valence-corrected chi connectivity index (χ3v) is 4.95. The number of hydrogen-bond donors (Lipinski definition) is 0. The minimum Gasteiger partial charge on any atom is -0.383 e. The third-order valence-electron chi connectivity index (χ3n) is 4.95. The Labute approximate surface area is 139 Å². The van der Waals surface area contributed by atoms with Crippen LogP contribution in [0.15, 0.2) is 23.3 Å². The first-order valence-electron chi connectivity index (χ1n) is 8.55. The predicted octanol–water partition coefficient (Wildman–Crippen LogP) is 3.28. The number of ketones is 1. The molecule has 0 radical (unpaired) electrons. The molecule has 0 saturated carbocycles. The van der Waals surface area contributed by atoms with E-state index in [1.54, 1.807) is 7.11 Å². The summed E-state index contributed by atoms with van der Waals surface area (Å²) in [6.45, 7) is 7.30. The summed E-state index contributed by atoms with van der Waals surface area (Å²) in [4.78, 5) is 28.0. The number of Topliss-reactive ketones (excluding diaryl/α,β-unsaturated/α-hetero) is 1. The molecule has 1 saturated heterocycles. The number of carbonyl (C=O) groups is 2. The Bertz CT molecular complexity index is 531. The van der Waals surface area contributed by atoms with Crippen molar-refractivity contribution in [2.45, 2.75) is 58.9 Å². The summed E-state index contributed by atoms with van der Waals surface area (Å²) in [7, 11) is 1.66. The van der Waals surface area contributed by atoms with Crippen molar-refractivity contribution in [3.8, 4) is 0 Å². The molecule has 1 amide bonds. The van der Waals surface area contributed by atoms with Crippen LogP contribution in [0.2, 0.25) is 0 Å². The first-order chi connectivity index (χ1) is 10.9. The third kappa shape index (κ3) is 3.74. The Kier molecular flexibility index (Phi) is 5.79. The first kappa shape index (κ1) is 17.9. The SMILES string of the molecule is COC[C@@H]1CCCN1C(=O)[C@]1(CC=C(C)C)C=C(C)CCC1=O. The Morgan fingerprint density at radius 3 is 2.83 bits per heavy atom. The van der Waals surface area contributed by atoms with Crippen molar-refractivity contribution in [3.63, 3.8) is 0 Å². The monoisotopic (exact) mass is 319 g/mol. The van der Waals surface area contributed by atoms with E-state index in [1.165, 1.54) is 0 Å². The van der Waals surface area contributed by atoms with E-state index in [9.17, 15) is 9.59 Å². The summed E-state index contributed by atoms with van der Waals surface area (Å²) >= 11 is 0. The molecule has 2 atom stereocenters. The molecule has 0 spiro atoms. The molecule has 0 bridgehead atoms. The van der Waals surface area contributed by atoms with Crippen LogP contribution in [-0.4, -0.2) is 42.9 Å². The summed E-state index contributed by atoms with van der Waals surface area (Å²) in [6, 6.07) is 0.0968. The summed E-state index contributed by atoms with van der Waals surface area (Å²) in [5.41, 5.74) is 1.27. The Balaban J connectivity index is 2.37. The Morgan fingerprint density at radius 1 is 1.43 bits per heavy atom. The lowest BCUT2D eigenvalue weighted by Gasteiger charge is -2.37. The molecule has 0 N–H and O–H groups in total. The van der Waals surface area contributed by atoms with E-state index in [2.05, 4.69) is 0 Å².